The molecule has 2 unspecified atom stereocenters. The average molecular weight is 455 g/mol. The van der Waals surface area contributed by atoms with E-state index in [9.17, 15) is 18.0 Å². The molecule has 0 bridgehead atoms. The highest BCUT2D eigenvalue weighted by molar-refractivity contribution is 7.17. The minimum atomic E-state index is -3.20. The van der Waals surface area contributed by atoms with Crippen LogP contribution in [0.3, 0.4) is 0 Å². The van der Waals surface area contributed by atoms with E-state index in [1.807, 2.05) is 7.05 Å². The molecule has 1 aromatic carbocycles. The summed E-state index contributed by atoms with van der Waals surface area (Å²) in [4.78, 5) is 14.4. The summed E-state index contributed by atoms with van der Waals surface area (Å²) in [7, 11) is 3.25. The summed E-state index contributed by atoms with van der Waals surface area (Å²) in [5.41, 5.74) is -2.38. The standard InChI is InChI=1S/C18H26F3P.C6H8N2O/c1-3-14-9-13(10-15(14)4-2)6-5-12-7-8-17(19)16(11-12)18(20,21)22;1-5(9)6-3-8(2)4-7-6/h7-8,11,13-15H,3-6,9-10,22H2,1-2H3;3-4H,1-2H3/t13?,14-,15+;. The highest BCUT2D eigenvalue weighted by atomic mass is 31.0. The molecule has 0 amide bonds. The molecule has 0 N–H and O–H groups in total. The van der Waals surface area contributed by atoms with Crippen LogP contribution in [0, 0.1) is 23.6 Å². The van der Waals surface area contributed by atoms with Crippen molar-refractivity contribution in [2.24, 2.45) is 24.8 Å². The van der Waals surface area contributed by atoms with Crippen LogP contribution in [0.25, 0.3) is 0 Å². The Kier molecular flexibility index (Phi) is 9.29. The maximum Gasteiger partial charge on any atom is 0.286 e. The molecule has 7 heteroatoms. The number of halogens is 3. The van der Waals surface area contributed by atoms with Gasteiger partial charge in [-0.25, -0.2) is 9.37 Å². The first-order chi connectivity index (χ1) is 14.5. The Labute approximate surface area is 186 Å². The van der Waals surface area contributed by atoms with Crippen molar-refractivity contribution in [1.29, 1.82) is 0 Å². The molecule has 1 fully saturated rings. The molecule has 1 saturated carbocycles. The molecule has 0 radical (unpaired) electrons. The summed E-state index contributed by atoms with van der Waals surface area (Å²) in [6, 6.07) is 4.13. The topological polar surface area (TPSA) is 34.9 Å². The number of rotatable bonds is 7. The number of aryl methyl sites for hydroxylation is 2. The lowest BCUT2D eigenvalue weighted by molar-refractivity contribution is 0.0988. The number of nitrogens with zero attached hydrogens (tertiary/aromatic N) is 2. The van der Waals surface area contributed by atoms with Crippen LogP contribution in [0.5, 0.6) is 0 Å². The lowest BCUT2D eigenvalue weighted by atomic mass is 9.92. The molecule has 1 aliphatic carbocycles. The second-order valence-electron chi connectivity index (χ2n) is 8.63. The first-order valence-corrected chi connectivity index (χ1v) is 11.6. The minimum absolute atomic E-state index is 0.00981. The van der Waals surface area contributed by atoms with Crippen molar-refractivity contribution in [2.45, 2.75) is 65.0 Å². The third kappa shape index (κ3) is 7.45. The smallest absolute Gasteiger partial charge is 0.286 e. The first-order valence-electron chi connectivity index (χ1n) is 11.0. The summed E-state index contributed by atoms with van der Waals surface area (Å²) in [5.74, 6) is 1.49. The molecule has 0 spiro atoms. The zero-order chi connectivity index (χ0) is 23.2. The van der Waals surface area contributed by atoms with E-state index in [0.717, 1.165) is 30.2 Å². The minimum Gasteiger partial charge on any atom is -0.340 e. The second kappa shape index (κ2) is 11.3. The van der Waals surface area contributed by atoms with Crippen molar-refractivity contribution in [3.05, 3.63) is 53.4 Å². The number of hydrogen-bond donors (Lipinski definition) is 0. The number of imidazole rings is 1. The van der Waals surface area contributed by atoms with Gasteiger partial charge in [-0.15, -0.1) is 0 Å². The fourth-order valence-corrected chi connectivity index (χ4v) is 4.74. The van der Waals surface area contributed by atoms with Crippen LogP contribution in [0.1, 0.15) is 74.5 Å². The molecule has 0 aliphatic heterocycles. The fourth-order valence-electron chi connectivity index (χ4n) is 4.52. The van der Waals surface area contributed by atoms with Gasteiger partial charge in [0.25, 0.3) is 5.66 Å². The molecule has 1 aliphatic rings. The van der Waals surface area contributed by atoms with Crippen LogP contribution < -0.4 is 0 Å². The molecule has 1 heterocycles. The Morgan fingerprint density at radius 3 is 2.26 bits per heavy atom. The lowest BCUT2D eigenvalue weighted by Gasteiger charge is -2.14. The maximum atomic E-state index is 13.5. The average Bonchev–Trinajstić information content (AvgIpc) is 3.32. The number of aromatic nitrogens is 2. The Balaban J connectivity index is 0.000000316. The van der Waals surface area contributed by atoms with E-state index in [1.54, 1.807) is 23.2 Å². The van der Waals surface area contributed by atoms with Crippen molar-refractivity contribution in [3.8, 4) is 0 Å². The van der Waals surface area contributed by atoms with E-state index in [0.29, 0.717) is 11.6 Å². The van der Waals surface area contributed by atoms with Gasteiger partial charge in [-0.05, 0) is 61.1 Å². The Bertz CT molecular complexity index is 851. The maximum absolute atomic E-state index is 13.5. The molecular weight excluding hydrogens is 420 g/mol. The van der Waals surface area contributed by atoms with E-state index >= 15 is 0 Å². The number of hydrogen-bond acceptors (Lipinski definition) is 2. The van der Waals surface area contributed by atoms with E-state index in [-0.39, 0.29) is 5.78 Å². The third-order valence-electron chi connectivity index (χ3n) is 6.28. The van der Waals surface area contributed by atoms with Gasteiger partial charge in [0.1, 0.15) is 11.5 Å². The van der Waals surface area contributed by atoms with Crippen LogP contribution in [-0.4, -0.2) is 15.3 Å². The van der Waals surface area contributed by atoms with Crippen molar-refractivity contribution in [2.75, 3.05) is 0 Å². The van der Waals surface area contributed by atoms with Gasteiger partial charge in [-0.1, -0.05) is 42.0 Å². The van der Waals surface area contributed by atoms with Gasteiger partial charge in [0, 0.05) is 20.2 Å². The molecule has 31 heavy (non-hydrogen) atoms. The number of ketones is 1. The van der Waals surface area contributed by atoms with Gasteiger partial charge in [0.15, 0.2) is 5.78 Å². The number of carbonyl (C=O) groups is 1. The normalized spacial score (nSPS) is 21.0. The van der Waals surface area contributed by atoms with Gasteiger partial charge in [0.2, 0.25) is 0 Å². The SMILES string of the molecule is CC(=O)c1cn(C)cn1.CC[C@@H]1CC(CCc2ccc(F)c(C(F)(F)P)c2)C[C@@H]1CC. The lowest BCUT2D eigenvalue weighted by Crippen LogP contribution is -2.07. The van der Waals surface area contributed by atoms with Crippen molar-refractivity contribution in [3.63, 3.8) is 0 Å². The second-order valence-corrected chi connectivity index (χ2v) is 9.36. The predicted molar refractivity (Wildman–Crippen MR) is 122 cm³/mol. The number of carbonyl (C=O) groups excluding carboxylic acids is 1. The van der Waals surface area contributed by atoms with Crippen molar-refractivity contribution < 1.29 is 18.0 Å². The van der Waals surface area contributed by atoms with Gasteiger partial charge >= 0.3 is 0 Å². The van der Waals surface area contributed by atoms with Gasteiger partial charge in [-0.3, -0.25) is 4.79 Å². The number of Topliss-reactive ketones (excluding diaryl/α,β-unsaturated/α-hetero) is 1. The molecule has 0 saturated heterocycles. The van der Waals surface area contributed by atoms with E-state index in [2.05, 4.69) is 18.8 Å². The van der Waals surface area contributed by atoms with Crippen LogP contribution in [0.15, 0.2) is 30.7 Å². The van der Waals surface area contributed by atoms with Gasteiger partial charge in [0.05, 0.1) is 11.9 Å². The summed E-state index contributed by atoms with van der Waals surface area (Å²) >= 11 is 0. The summed E-state index contributed by atoms with van der Waals surface area (Å²) < 4.78 is 42.0. The van der Waals surface area contributed by atoms with Crippen LogP contribution >= 0.6 is 9.24 Å². The van der Waals surface area contributed by atoms with E-state index in [1.165, 1.54) is 54.0 Å². The molecule has 2 aromatic rings. The highest BCUT2D eigenvalue weighted by Crippen LogP contribution is 2.42. The number of benzene rings is 1. The zero-order valence-electron chi connectivity index (χ0n) is 18.9. The largest absolute Gasteiger partial charge is 0.340 e. The van der Waals surface area contributed by atoms with Crippen LogP contribution in [0.4, 0.5) is 13.2 Å². The van der Waals surface area contributed by atoms with E-state index in [4.69, 9.17) is 0 Å². The Hall–Kier alpha value is -1.68. The first kappa shape index (κ1) is 25.6. The highest BCUT2D eigenvalue weighted by Gasteiger charge is 2.32. The Morgan fingerprint density at radius 1 is 1.23 bits per heavy atom. The molecule has 172 valence electrons. The van der Waals surface area contributed by atoms with Crippen molar-refractivity contribution >= 4 is 15.0 Å². The van der Waals surface area contributed by atoms with Crippen molar-refractivity contribution in [1.82, 2.24) is 9.55 Å². The number of alkyl halides is 2. The van der Waals surface area contributed by atoms with Gasteiger partial charge in [-0.2, -0.15) is 8.78 Å². The molecule has 3 nitrogen and oxygen atoms in total. The molecule has 3 rings (SSSR count). The third-order valence-corrected chi connectivity index (χ3v) is 6.60. The zero-order valence-corrected chi connectivity index (χ0v) is 20.0. The molecule has 1 aromatic heterocycles. The summed E-state index contributed by atoms with van der Waals surface area (Å²) in [6.07, 6.45) is 10.0. The fraction of sp³-hybridized carbons (Fsp3) is 0.583. The molecule has 4 atom stereocenters. The predicted octanol–water partition coefficient (Wildman–Crippen LogP) is 6.77. The molecular formula is C24H34F3N2OP. The Morgan fingerprint density at radius 2 is 1.84 bits per heavy atom. The summed E-state index contributed by atoms with van der Waals surface area (Å²) in [6.45, 7) is 6.01. The summed E-state index contributed by atoms with van der Waals surface area (Å²) in [5, 5.41) is 0. The van der Waals surface area contributed by atoms with Gasteiger partial charge < -0.3 is 4.57 Å². The monoisotopic (exact) mass is 454 g/mol. The van der Waals surface area contributed by atoms with E-state index < -0.39 is 17.0 Å². The van der Waals surface area contributed by atoms with Crippen LogP contribution in [-0.2, 0) is 19.1 Å². The van der Waals surface area contributed by atoms with Crippen LogP contribution in [0.2, 0.25) is 0 Å². The quantitative estimate of drug-likeness (QED) is 0.342.